The van der Waals surface area contributed by atoms with Crippen molar-refractivity contribution >= 4 is 17.5 Å². The van der Waals surface area contributed by atoms with Gasteiger partial charge in [0.2, 0.25) is 11.8 Å². The Morgan fingerprint density at radius 3 is 2.65 bits per heavy atom. The Bertz CT molecular complexity index is 514. The van der Waals surface area contributed by atoms with Crippen LogP contribution in [-0.4, -0.2) is 35.3 Å². The summed E-state index contributed by atoms with van der Waals surface area (Å²) in [6, 6.07) is 10.2. The van der Waals surface area contributed by atoms with Gasteiger partial charge >= 0.3 is 0 Å². The highest BCUT2D eigenvalue weighted by molar-refractivity contribution is 5.95. The molecule has 106 valence electrons. The Morgan fingerprint density at radius 2 is 1.95 bits per heavy atom. The van der Waals surface area contributed by atoms with E-state index in [1.54, 1.807) is 0 Å². The first kappa shape index (κ1) is 13.2. The molecular formula is C16H20N2O2. The van der Waals surface area contributed by atoms with Crippen LogP contribution in [-0.2, 0) is 9.59 Å². The predicted molar refractivity (Wildman–Crippen MR) is 77.4 cm³/mol. The average Bonchev–Trinajstić information content (AvgIpc) is 2.91. The van der Waals surface area contributed by atoms with Crippen molar-refractivity contribution in [2.24, 2.45) is 0 Å². The van der Waals surface area contributed by atoms with Crippen molar-refractivity contribution in [3.05, 3.63) is 30.3 Å². The summed E-state index contributed by atoms with van der Waals surface area (Å²) in [5, 5.41) is 0. The molecule has 0 radical (unpaired) electrons. The standard InChI is InChI=1S/C16H20N2O2/c1-2-15(19)17-11-10-14-13(17)8-9-16(20)18(14)12-6-4-3-5-7-12/h3-7,13-14H,2,8-11H2,1H3/t13-,14-/m1/s1. The average molecular weight is 272 g/mol. The van der Waals surface area contributed by atoms with Gasteiger partial charge in [0.15, 0.2) is 0 Å². The SMILES string of the molecule is CCC(=O)N1CC[C@@H]2[C@H]1CCC(=O)N2c1ccccc1. The third kappa shape index (κ3) is 2.09. The fourth-order valence-electron chi connectivity index (χ4n) is 3.50. The molecule has 1 aromatic carbocycles. The van der Waals surface area contributed by atoms with Gasteiger partial charge in [-0.05, 0) is 25.0 Å². The molecule has 3 rings (SSSR count). The Balaban J connectivity index is 1.88. The van der Waals surface area contributed by atoms with Crippen molar-refractivity contribution in [1.82, 2.24) is 4.90 Å². The molecule has 0 spiro atoms. The summed E-state index contributed by atoms with van der Waals surface area (Å²) in [7, 11) is 0. The Morgan fingerprint density at radius 1 is 1.20 bits per heavy atom. The number of amides is 2. The number of piperidine rings is 1. The van der Waals surface area contributed by atoms with E-state index in [0.717, 1.165) is 25.1 Å². The lowest BCUT2D eigenvalue weighted by atomic mass is 9.95. The number of carbonyl (C=O) groups is 2. The highest BCUT2D eigenvalue weighted by atomic mass is 16.2. The van der Waals surface area contributed by atoms with E-state index < -0.39 is 0 Å². The van der Waals surface area contributed by atoms with Gasteiger partial charge in [-0.3, -0.25) is 9.59 Å². The van der Waals surface area contributed by atoms with Crippen LogP contribution in [0.2, 0.25) is 0 Å². The maximum atomic E-state index is 12.3. The number of carbonyl (C=O) groups excluding carboxylic acids is 2. The second-order valence-corrected chi connectivity index (χ2v) is 5.50. The quantitative estimate of drug-likeness (QED) is 0.828. The van der Waals surface area contributed by atoms with Crippen molar-refractivity contribution in [2.45, 2.75) is 44.7 Å². The van der Waals surface area contributed by atoms with Crippen LogP contribution in [0.15, 0.2) is 30.3 Å². The molecule has 0 bridgehead atoms. The minimum atomic E-state index is 0.147. The summed E-state index contributed by atoms with van der Waals surface area (Å²) in [6.45, 7) is 2.68. The number of rotatable bonds is 2. The van der Waals surface area contributed by atoms with Gasteiger partial charge in [0.1, 0.15) is 0 Å². The second-order valence-electron chi connectivity index (χ2n) is 5.50. The van der Waals surface area contributed by atoms with Crippen molar-refractivity contribution in [3.8, 4) is 0 Å². The van der Waals surface area contributed by atoms with Gasteiger partial charge in [0, 0.05) is 25.1 Å². The van der Waals surface area contributed by atoms with Crippen molar-refractivity contribution in [2.75, 3.05) is 11.4 Å². The van der Waals surface area contributed by atoms with Gasteiger partial charge in [0.25, 0.3) is 0 Å². The van der Waals surface area contributed by atoms with Crippen LogP contribution in [0.4, 0.5) is 5.69 Å². The molecule has 2 aliphatic rings. The molecule has 4 nitrogen and oxygen atoms in total. The monoisotopic (exact) mass is 272 g/mol. The van der Waals surface area contributed by atoms with Gasteiger partial charge in [-0.2, -0.15) is 0 Å². The lowest BCUT2D eigenvalue weighted by Crippen LogP contribution is -2.53. The summed E-state index contributed by atoms with van der Waals surface area (Å²) >= 11 is 0. The molecule has 2 fully saturated rings. The molecule has 2 heterocycles. The Labute approximate surface area is 119 Å². The van der Waals surface area contributed by atoms with Gasteiger partial charge in [-0.1, -0.05) is 25.1 Å². The summed E-state index contributed by atoms with van der Waals surface area (Å²) in [6.07, 6.45) is 2.77. The van der Waals surface area contributed by atoms with Crippen molar-refractivity contribution < 1.29 is 9.59 Å². The third-order valence-corrected chi connectivity index (χ3v) is 4.42. The van der Waals surface area contributed by atoms with Gasteiger partial charge in [0.05, 0.1) is 12.1 Å². The van der Waals surface area contributed by atoms with Crippen LogP contribution >= 0.6 is 0 Å². The van der Waals surface area contributed by atoms with Crippen LogP contribution in [0.3, 0.4) is 0 Å². The van der Waals surface area contributed by atoms with E-state index in [9.17, 15) is 9.59 Å². The number of hydrogen-bond acceptors (Lipinski definition) is 2. The molecule has 0 aromatic heterocycles. The summed E-state index contributed by atoms with van der Waals surface area (Å²) in [5.74, 6) is 0.392. The predicted octanol–water partition coefficient (Wildman–Crippen LogP) is 2.19. The van der Waals surface area contributed by atoms with Crippen LogP contribution in [0.5, 0.6) is 0 Å². The first-order valence-electron chi connectivity index (χ1n) is 7.39. The minimum absolute atomic E-state index is 0.147. The van der Waals surface area contributed by atoms with E-state index in [4.69, 9.17) is 0 Å². The summed E-state index contributed by atoms with van der Waals surface area (Å²) in [4.78, 5) is 28.2. The maximum Gasteiger partial charge on any atom is 0.227 e. The number of likely N-dealkylation sites (tertiary alicyclic amines) is 1. The zero-order chi connectivity index (χ0) is 14.1. The number of fused-ring (bicyclic) bond motifs is 1. The van der Waals surface area contributed by atoms with Crippen LogP contribution in [0, 0.1) is 0 Å². The molecule has 2 amide bonds. The second kappa shape index (κ2) is 5.27. The van der Waals surface area contributed by atoms with Crippen LogP contribution < -0.4 is 4.90 Å². The molecule has 0 N–H and O–H groups in total. The number of nitrogens with zero attached hydrogens (tertiary/aromatic N) is 2. The molecule has 2 aliphatic heterocycles. The first-order chi connectivity index (χ1) is 9.72. The maximum absolute atomic E-state index is 12.3. The Hall–Kier alpha value is -1.84. The fourth-order valence-corrected chi connectivity index (χ4v) is 3.50. The highest BCUT2D eigenvalue weighted by Gasteiger charge is 2.44. The zero-order valence-corrected chi connectivity index (χ0v) is 11.8. The number of anilines is 1. The van der Waals surface area contributed by atoms with E-state index in [2.05, 4.69) is 0 Å². The first-order valence-corrected chi connectivity index (χ1v) is 7.39. The van der Waals surface area contributed by atoms with Crippen molar-refractivity contribution in [3.63, 3.8) is 0 Å². The van der Waals surface area contributed by atoms with Crippen molar-refractivity contribution in [1.29, 1.82) is 0 Å². The topological polar surface area (TPSA) is 40.6 Å². The molecule has 4 heteroatoms. The molecule has 2 saturated heterocycles. The van der Waals surface area contributed by atoms with E-state index in [1.807, 2.05) is 47.1 Å². The van der Waals surface area contributed by atoms with Crippen LogP contribution in [0.25, 0.3) is 0 Å². The zero-order valence-electron chi connectivity index (χ0n) is 11.8. The van der Waals surface area contributed by atoms with Gasteiger partial charge < -0.3 is 9.80 Å². The largest absolute Gasteiger partial charge is 0.338 e. The lowest BCUT2D eigenvalue weighted by Gasteiger charge is -2.39. The summed E-state index contributed by atoms with van der Waals surface area (Å²) in [5.41, 5.74) is 0.956. The molecule has 0 saturated carbocycles. The highest BCUT2D eigenvalue weighted by Crippen LogP contribution is 2.34. The smallest absolute Gasteiger partial charge is 0.227 e. The normalized spacial score (nSPS) is 25.8. The molecule has 20 heavy (non-hydrogen) atoms. The van der Waals surface area contributed by atoms with E-state index in [0.29, 0.717) is 12.8 Å². The number of para-hydroxylation sites is 1. The number of hydrogen-bond donors (Lipinski definition) is 0. The molecule has 2 atom stereocenters. The fraction of sp³-hybridized carbons (Fsp3) is 0.500. The summed E-state index contributed by atoms with van der Waals surface area (Å²) < 4.78 is 0. The van der Waals surface area contributed by atoms with E-state index in [1.165, 1.54) is 0 Å². The Kier molecular flexibility index (Phi) is 3.47. The molecule has 0 aliphatic carbocycles. The van der Waals surface area contributed by atoms with E-state index in [-0.39, 0.29) is 23.9 Å². The molecular weight excluding hydrogens is 252 g/mol. The molecule has 1 aromatic rings. The number of benzene rings is 1. The van der Waals surface area contributed by atoms with Crippen LogP contribution in [0.1, 0.15) is 32.6 Å². The molecule has 0 unspecified atom stereocenters. The van der Waals surface area contributed by atoms with E-state index >= 15 is 0 Å². The minimum Gasteiger partial charge on any atom is -0.338 e. The third-order valence-electron chi connectivity index (χ3n) is 4.42. The lowest BCUT2D eigenvalue weighted by molar-refractivity contribution is -0.133. The van der Waals surface area contributed by atoms with Gasteiger partial charge in [-0.15, -0.1) is 0 Å². The van der Waals surface area contributed by atoms with Gasteiger partial charge in [-0.25, -0.2) is 0 Å².